The molecule has 0 radical (unpaired) electrons. The molecule has 4 heteroatoms. The summed E-state index contributed by atoms with van der Waals surface area (Å²) in [4.78, 5) is 4.53. The smallest absolute Gasteiger partial charge is 0.126 e. The van der Waals surface area contributed by atoms with E-state index in [0.29, 0.717) is 10.0 Å². The molecule has 1 heterocycles. The Bertz CT molecular complexity index is 541. The molecular weight excluding hydrogens is 267 g/mol. The first-order valence-electron chi connectivity index (χ1n) is 5.87. The first-order valence-corrected chi connectivity index (χ1v) is 6.62. The number of anilines is 1. The lowest BCUT2D eigenvalue weighted by Crippen LogP contribution is -2.02. The number of benzene rings is 1. The fraction of sp³-hybridized carbons (Fsp3) is 0.214. The van der Waals surface area contributed by atoms with E-state index < -0.39 is 0 Å². The van der Waals surface area contributed by atoms with Crippen molar-refractivity contribution in [2.75, 3.05) is 11.9 Å². The molecule has 18 heavy (non-hydrogen) atoms. The Morgan fingerprint density at radius 1 is 1.17 bits per heavy atom. The van der Waals surface area contributed by atoms with Crippen LogP contribution in [0, 0.1) is 0 Å². The fourth-order valence-corrected chi connectivity index (χ4v) is 2.14. The zero-order valence-corrected chi connectivity index (χ0v) is 11.6. The van der Waals surface area contributed by atoms with Gasteiger partial charge in [-0.2, -0.15) is 0 Å². The van der Waals surface area contributed by atoms with E-state index in [0.717, 1.165) is 30.0 Å². The van der Waals surface area contributed by atoms with Crippen LogP contribution in [0.25, 0.3) is 11.3 Å². The largest absolute Gasteiger partial charge is 0.370 e. The lowest BCUT2D eigenvalue weighted by atomic mass is 10.1. The Morgan fingerprint density at radius 2 is 2.00 bits per heavy atom. The molecule has 2 rings (SSSR count). The Morgan fingerprint density at radius 3 is 2.72 bits per heavy atom. The van der Waals surface area contributed by atoms with Crippen LogP contribution in [-0.4, -0.2) is 11.5 Å². The second-order valence-corrected chi connectivity index (χ2v) is 4.80. The highest BCUT2D eigenvalue weighted by Gasteiger charge is 2.06. The summed E-state index contributed by atoms with van der Waals surface area (Å²) in [5.41, 5.74) is 1.74. The SMILES string of the molecule is CCCNc1cccc(-c2ccc(Cl)cc2Cl)n1. The van der Waals surface area contributed by atoms with Crippen LogP contribution in [0.5, 0.6) is 0 Å². The third kappa shape index (κ3) is 3.15. The van der Waals surface area contributed by atoms with Crippen LogP contribution in [0.4, 0.5) is 5.82 Å². The van der Waals surface area contributed by atoms with Crippen LogP contribution in [0.1, 0.15) is 13.3 Å². The van der Waals surface area contributed by atoms with Crippen molar-refractivity contribution in [3.63, 3.8) is 0 Å². The number of nitrogens with zero attached hydrogens (tertiary/aromatic N) is 1. The lowest BCUT2D eigenvalue weighted by molar-refractivity contribution is 0.970. The van der Waals surface area contributed by atoms with Gasteiger partial charge >= 0.3 is 0 Å². The highest BCUT2D eigenvalue weighted by atomic mass is 35.5. The molecule has 0 spiro atoms. The lowest BCUT2D eigenvalue weighted by Gasteiger charge is -2.08. The Kier molecular flexibility index (Phi) is 4.45. The maximum absolute atomic E-state index is 6.18. The Balaban J connectivity index is 2.32. The van der Waals surface area contributed by atoms with Crippen molar-refractivity contribution in [2.45, 2.75) is 13.3 Å². The van der Waals surface area contributed by atoms with Crippen LogP contribution in [0.3, 0.4) is 0 Å². The van der Waals surface area contributed by atoms with Gasteiger partial charge < -0.3 is 5.32 Å². The molecule has 0 saturated carbocycles. The molecule has 0 amide bonds. The van der Waals surface area contributed by atoms with Gasteiger partial charge in [0, 0.05) is 17.1 Å². The Hall–Kier alpha value is -1.25. The van der Waals surface area contributed by atoms with E-state index in [2.05, 4.69) is 17.2 Å². The summed E-state index contributed by atoms with van der Waals surface area (Å²) in [5, 5.41) is 4.50. The molecule has 0 unspecified atom stereocenters. The van der Waals surface area contributed by atoms with E-state index in [1.54, 1.807) is 6.07 Å². The Labute approximate surface area is 117 Å². The van der Waals surface area contributed by atoms with Gasteiger partial charge in [0.25, 0.3) is 0 Å². The van der Waals surface area contributed by atoms with E-state index >= 15 is 0 Å². The minimum atomic E-state index is 0.614. The van der Waals surface area contributed by atoms with Gasteiger partial charge in [-0.1, -0.05) is 36.2 Å². The van der Waals surface area contributed by atoms with Gasteiger partial charge in [-0.15, -0.1) is 0 Å². The van der Waals surface area contributed by atoms with Gasteiger partial charge in [0.2, 0.25) is 0 Å². The minimum Gasteiger partial charge on any atom is -0.370 e. The number of hydrogen-bond donors (Lipinski definition) is 1. The van der Waals surface area contributed by atoms with Crippen LogP contribution in [0.15, 0.2) is 36.4 Å². The summed E-state index contributed by atoms with van der Waals surface area (Å²) in [6, 6.07) is 11.3. The van der Waals surface area contributed by atoms with Crippen LogP contribution >= 0.6 is 23.2 Å². The predicted molar refractivity (Wildman–Crippen MR) is 78.5 cm³/mol. The van der Waals surface area contributed by atoms with Crippen molar-refractivity contribution in [2.24, 2.45) is 0 Å². The van der Waals surface area contributed by atoms with Crippen LogP contribution < -0.4 is 5.32 Å². The summed E-state index contributed by atoms with van der Waals surface area (Å²) >= 11 is 12.1. The van der Waals surface area contributed by atoms with E-state index in [4.69, 9.17) is 23.2 Å². The van der Waals surface area contributed by atoms with E-state index in [-0.39, 0.29) is 0 Å². The summed E-state index contributed by atoms with van der Waals surface area (Å²) in [7, 11) is 0. The highest BCUT2D eigenvalue weighted by molar-refractivity contribution is 6.36. The fourth-order valence-electron chi connectivity index (χ4n) is 1.63. The van der Waals surface area contributed by atoms with Gasteiger partial charge in [-0.05, 0) is 36.8 Å². The third-order valence-electron chi connectivity index (χ3n) is 2.51. The number of halogens is 2. The predicted octanol–water partition coefficient (Wildman–Crippen LogP) is 4.88. The number of rotatable bonds is 4. The van der Waals surface area contributed by atoms with Crippen molar-refractivity contribution >= 4 is 29.0 Å². The second kappa shape index (κ2) is 6.07. The summed E-state index contributed by atoms with van der Waals surface area (Å²) in [5.74, 6) is 0.861. The van der Waals surface area contributed by atoms with Crippen molar-refractivity contribution < 1.29 is 0 Å². The average molecular weight is 281 g/mol. The molecule has 0 aliphatic heterocycles. The number of pyridine rings is 1. The third-order valence-corrected chi connectivity index (χ3v) is 3.06. The molecule has 1 aromatic heterocycles. The van der Waals surface area contributed by atoms with Crippen LogP contribution in [0.2, 0.25) is 10.0 Å². The van der Waals surface area contributed by atoms with Gasteiger partial charge in [0.15, 0.2) is 0 Å². The van der Waals surface area contributed by atoms with E-state index in [1.165, 1.54) is 0 Å². The normalized spacial score (nSPS) is 10.4. The molecule has 1 N–H and O–H groups in total. The molecule has 2 nitrogen and oxygen atoms in total. The first kappa shape index (κ1) is 13.2. The molecule has 0 saturated heterocycles. The quantitative estimate of drug-likeness (QED) is 0.864. The van der Waals surface area contributed by atoms with Crippen molar-refractivity contribution in [1.82, 2.24) is 4.98 Å². The van der Waals surface area contributed by atoms with Gasteiger partial charge in [-0.25, -0.2) is 4.98 Å². The monoisotopic (exact) mass is 280 g/mol. The molecule has 94 valence electrons. The topological polar surface area (TPSA) is 24.9 Å². The molecular formula is C14H14Cl2N2. The standard InChI is InChI=1S/C14H14Cl2N2/c1-2-8-17-14-5-3-4-13(18-14)11-7-6-10(15)9-12(11)16/h3-7,9H,2,8H2,1H3,(H,17,18). The molecule has 0 atom stereocenters. The van der Waals surface area contributed by atoms with Crippen molar-refractivity contribution in [3.8, 4) is 11.3 Å². The van der Waals surface area contributed by atoms with Crippen molar-refractivity contribution in [3.05, 3.63) is 46.4 Å². The molecule has 0 aliphatic rings. The molecule has 0 bridgehead atoms. The zero-order valence-electron chi connectivity index (χ0n) is 10.1. The molecule has 2 aromatic rings. The van der Waals surface area contributed by atoms with E-state index in [1.807, 2.05) is 30.3 Å². The summed E-state index contributed by atoms with van der Waals surface area (Å²) < 4.78 is 0. The van der Waals surface area contributed by atoms with Gasteiger partial charge in [0.05, 0.1) is 10.7 Å². The number of aromatic nitrogens is 1. The second-order valence-electron chi connectivity index (χ2n) is 3.96. The highest BCUT2D eigenvalue weighted by Crippen LogP contribution is 2.29. The average Bonchev–Trinajstić information content (AvgIpc) is 2.36. The summed E-state index contributed by atoms with van der Waals surface area (Å²) in [6.07, 6.45) is 1.06. The number of hydrogen-bond acceptors (Lipinski definition) is 2. The number of nitrogens with one attached hydrogen (secondary N) is 1. The summed E-state index contributed by atoms with van der Waals surface area (Å²) in [6.45, 7) is 3.03. The maximum atomic E-state index is 6.18. The van der Waals surface area contributed by atoms with Crippen molar-refractivity contribution in [1.29, 1.82) is 0 Å². The molecule has 1 aromatic carbocycles. The molecule has 0 aliphatic carbocycles. The zero-order chi connectivity index (χ0) is 13.0. The van der Waals surface area contributed by atoms with Crippen LogP contribution in [-0.2, 0) is 0 Å². The van der Waals surface area contributed by atoms with Gasteiger partial charge in [-0.3, -0.25) is 0 Å². The maximum Gasteiger partial charge on any atom is 0.126 e. The van der Waals surface area contributed by atoms with Gasteiger partial charge in [0.1, 0.15) is 5.82 Å². The van der Waals surface area contributed by atoms with E-state index in [9.17, 15) is 0 Å². The minimum absolute atomic E-state index is 0.614. The first-order chi connectivity index (χ1) is 8.70. The molecule has 0 fully saturated rings.